The smallest absolute Gasteiger partial charge is 0.325 e. The number of benzene rings is 1. The molecule has 0 spiro atoms. The molecule has 0 saturated carbocycles. The van der Waals surface area contributed by atoms with Crippen LogP contribution in [-0.2, 0) is 35.5 Å². The molecule has 0 N–H and O–H groups in total. The van der Waals surface area contributed by atoms with E-state index in [1.165, 1.54) is 16.6 Å². The van der Waals surface area contributed by atoms with Crippen molar-refractivity contribution in [3.05, 3.63) is 27.5 Å². The molecule has 1 fully saturated rings. The van der Waals surface area contributed by atoms with E-state index in [2.05, 4.69) is 20.9 Å². The van der Waals surface area contributed by atoms with Crippen LogP contribution in [0.15, 0.2) is 27.7 Å². The van der Waals surface area contributed by atoms with Gasteiger partial charge in [-0.3, -0.25) is 14.4 Å². The number of thiazole rings is 1. The van der Waals surface area contributed by atoms with Crippen molar-refractivity contribution in [3.8, 4) is 0 Å². The molecule has 1 saturated heterocycles. The standard InChI is InChI=1S/C19H22BrN3O6S2/c1-29-18(26)10-23-14-6-5-13(20)9-15(14)30-19(23)21-16(24)11-31(27,28)12-17(25)22-7-3-2-4-8-22/h5-6,9H,2-4,7-8,10-12H2,1H3. The third-order valence-corrected chi connectivity index (χ3v) is 7.68. The third kappa shape index (κ3) is 6.23. The number of hydrogen-bond acceptors (Lipinski definition) is 7. The number of methoxy groups -OCH3 is 1. The summed E-state index contributed by atoms with van der Waals surface area (Å²) in [6.07, 6.45) is 2.72. The maximum Gasteiger partial charge on any atom is 0.325 e. The van der Waals surface area contributed by atoms with Crippen LogP contribution in [0.4, 0.5) is 0 Å². The minimum absolute atomic E-state index is 0.176. The Labute approximate surface area is 191 Å². The van der Waals surface area contributed by atoms with Gasteiger partial charge < -0.3 is 14.2 Å². The van der Waals surface area contributed by atoms with Crippen LogP contribution in [0.5, 0.6) is 0 Å². The quantitative estimate of drug-likeness (QED) is 0.521. The number of rotatable bonds is 6. The summed E-state index contributed by atoms with van der Waals surface area (Å²) in [6, 6.07) is 5.35. The van der Waals surface area contributed by atoms with Crippen LogP contribution in [0.25, 0.3) is 10.2 Å². The van der Waals surface area contributed by atoms with Crippen LogP contribution in [0, 0.1) is 0 Å². The molecular weight excluding hydrogens is 510 g/mol. The van der Waals surface area contributed by atoms with Gasteiger partial charge >= 0.3 is 5.97 Å². The number of esters is 1. The van der Waals surface area contributed by atoms with Crippen molar-refractivity contribution in [2.24, 2.45) is 4.99 Å². The number of nitrogens with zero attached hydrogens (tertiary/aromatic N) is 3. The minimum Gasteiger partial charge on any atom is -0.468 e. The molecule has 1 aliphatic rings. The Morgan fingerprint density at radius 1 is 1.16 bits per heavy atom. The molecule has 9 nitrogen and oxygen atoms in total. The number of sulfone groups is 1. The zero-order valence-corrected chi connectivity index (χ0v) is 20.1. The minimum atomic E-state index is -3.97. The second kappa shape index (κ2) is 10.0. The highest BCUT2D eigenvalue weighted by atomic mass is 79.9. The Morgan fingerprint density at radius 3 is 2.55 bits per heavy atom. The number of ether oxygens (including phenoxy) is 1. The lowest BCUT2D eigenvalue weighted by Gasteiger charge is -2.26. The van der Waals surface area contributed by atoms with E-state index in [1.807, 2.05) is 6.07 Å². The van der Waals surface area contributed by atoms with E-state index in [0.29, 0.717) is 18.6 Å². The van der Waals surface area contributed by atoms with Crippen LogP contribution in [0.3, 0.4) is 0 Å². The van der Waals surface area contributed by atoms with Crippen LogP contribution in [0.1, 0.15) is 19.3 Å². The lowest BCUT2D eigenvalue weighted by Crippen LogP contribution is -2.40. The van der Waals surface area contributed by atoms with Gasteiger partial charge in [-0.1, -0.05) is 27.3 Å². The van der Waals surface area contributed by atoms with Crippen LogP contribution < -0.4 is 4.80 Å². The van der Waals surface area contributed by atoms with E-state index in [1.54, 1.807) is 12.1 Å². The van der Waals surface area contributed by atoms with Gasteiger partial charge in [-0.2, -0.15) is 4.99 Å². The summed E-state index contributed by atoms with van der Waals surface area (Å²) in [4.78, 5) is 42.1. The number of carbonyl (C=O) groups excluding carboxylic acids is 3. The predicted molar refractivity (Wildman–Crippen MR) is 119 cm³/mol. The number of piperidine rings is 1. The van der Waals surface area contributed by atoms with Gasteiger partial charge in [-0.25, -0.2) is 8.42 Å². The lowest BCUT2D eigenvalue weighted by atomic mass is 10.1. The fraction of sp³-hybridized carbons (Fsp3) is 0.474. The van der Waals surface area contributed by atoms with Gasteiger partial charge in [0.1, 0.15) is 18.1 Å². The van der Waals surface area contributed by atoms with E-state index in [9.17, 15) is 22.8 Å². The molecular formula is C19H22BrN3O6S2. The number of likely N-dealkylation sites (tertiary alicyclic amines) is 1. The molecule has 1 aromatic carbocycles. The first kappa shape index (κ1) is 23.6. The topological polar surface area (TPSA) is 115 Å². The van der Waals surface area contributed by atoms with Gasteiger partial charge in [0.25, 0.3) is 5.91 Å². The molecule has 0 radical (unpaired) electrons. The third-order valence-electron chi connectivity index (χ3n) is 4.78. The van der Waals surface area contributed by atoms with Crippen molar-refractivity contribution in [1.82, 2.24) is 9.47 Å². The average Bonchev–Trinajstić information content (AvgIpc) is 3.03. The van der Waals surface area contributed by atoms with Crippen molar-refractivity contribution in [1.29, 1.82) is 0 Å². The lowest BCUT2D eigenvalue weighted by molar-refractivity contribution is -0.141. The van der Waals surface area contributed by atoms with Crippen LogP contribution in [0.2, 0.25) is 0 Å². The fourth-order valence-corrected chi connectivity index (χ4v) is 5.98. The van der Waals surface area contributed by atoms with Gasteiger partial charge in [-0.15, -0.1) is 0 Å². The highest BCUT2D eigenvalue weighted by molar-refractivity contribution is 9.10. The number of aromatic nitrogens is 1. The second-order valence-corrected chi connectivity index (χ2v) is 11.1. The molecule has 2 heterocycles. The predicted octanol–water partition coefficient (Wildman–Crippen LogP) is 1.49. The van der Waals surface area contributed by atoms with Gasteiger partial charge in [0.05, 0.1) is 17.3 Å². The first-order valence-electron chi connectivity index (χ1n) is 9.60. The van der Waals surface area contributed by atoms with Crippen molar-refractivity contribution in [2.45, 2.75) is 25.8 Å². The number of hydrogen-bond donors (Lipinski definition) is 0. The number of carbonyl (C=O) groups is 3. The van der Waals surface area contributed by atoms with Crippen molar-refractivity contribution < 1.29 is 27.5 Å². The monoisotopic (exact) mass is 531 g/mol. The first-order valence-corrected chi connectivity index (χ1v) is 13.0. The number of fused-ring (bicyclic) bond motifs is 1. The van der Waals surface area contributed by atoms with Crippen molar-refractivity contribution >= 4 is 65.1 Å². The van der Waals surface area contributed by atoms with E-state index < -0.39 is 39.1 Å². The molecule has 31 heavy (non-hydrogen) atoms. The van der Waals surface area contributed by atoms with E-state index in [-0.39, 0.29) is 11.3 Å². The average molecular weight is 532 g/mol. The molecule has 168 valence electrons. The van der Waals surface area contributed by atoms with Crippen LogP contribution >= 0.6 is 27.3 Å². The van der Waals surface area contributed by atoms with Gasteiger partial charge in [0.2, 0.25) is 5.91 Å². The summed E-state index contributed by atoms with van der Waals surface area (Å²) in [5.41, 5.74) is 0.660. The summed E-state index contributed by atoms with van der Waals surface area (Å²) in [6.45, 7) is 0.902. The zero-order valence-electron chi connectivity index (χ0n) is 16.9. The van der Waals surface area contributed by atoms with Crippen molar-refractivity contribution in [2.75, 3.05) is 31.7 Å². The number of halogens is 1. The molecule has 2 amide bonds. The molecule has 1 aromatic heterocycles. The zero-order chi connectivity index (χ0) is 22.6. The van der Waals surface area contributed by atoms with Gasteiger partial charge in [-0.05, 0) is 37.5 Å². The second-order valence-electron chi connectivity index (χ2n) is 7.14. The largest absolute Gasteiger partial charge is 0.468 e. The first-order chi connectivity index (χ1) is 14.7. The van der Waals surface area contributed by atoms with E-state index in [4.69, 9.17) is 4.74 Å². The fourth-order valence-electron chi connectivity index (χ4n) is 3.28. The van der Waals surface area contributed by atoms with E-state index >= 15 is 0 Å². The summed E-state index contributed by atoms with van der Waals surface area (Å²) >= 11 is 4.52. The molecule has 0 unspecified atom stereocenters. The maximum absolute atomic E-state index is 12.4. The molecule has 0 bridgehead atoms. The highest BCUT2D eigenvalue weighted by Gasteiger charge is 2.25. The molecule has 3 rings (SSSR count). The molecule has 0 atom stereocenters. The van der Waals surface area contributed by atoms with Crippen LogP contribution in [-0.4, -0.2) is 67.4 Å². The maximum atomic E-state index is 12.4. The SMILES string of the molecule is COC(=O)Cn1c(=NC(=O)CS(=O)(=O)CC(=O)N2CCCCC2)sc2cc(Br)ccc21. The van der Waals surface area contributed by atoms with Gasteiger partial charge in [0, 0.05) is 17.6 Å². The Kier molecular flexibility index (Phi) is 7.65. The summed E-state index contributed by atoms with van der Waals surface area (Å²) in [7, 11) is -2.71. The summed E-state index contributed by atoms with van der Waals surface area (Å²) in [5, 5.41) is 0. The summed E-state index contributed by atoms with van der Waals surface area (Å²) < 4.78 is 32.6. The normalized spacial score (nSPS) is 15.3. The molecule has 2 aromatic rings. The molecule has 0 aliphatic carbocycles. The molecule has 12 heteroatoms. The Hall–Kier alpha value is -2.05. The Bertz CT molecular complexity index is 1180. The van der Waals surface area contributed by atoms with E-state index in [0.717, 1.165) is 39.8 Å². The molecule has 1 aliphatic heterocycles. The van der Waals surface area contributed by atoms with Crippen molar-refractivity contribution in [3.63, 3.8) is 0 Å². The number of amides is 2. The summed E-state index contributed by atoms with van der Waals surface area (Å²) in [5.74, 6) is -3.50. The highest BCUT2D eigenvalue weighted by Crippen LogP contribution is 2.22. The Balaban J connectivity index is 1.83. The van der Waals surface area contributed by atoms with Gasteiger partial charge in [0.15, 0.2) is 14.6 Å². The Morgan fingerprint density at radius 2 is 1.87 bits per heavy atom.